The monoisotopic (exact) mass is 406 g/mol. The minimum absolute atomic E-state index is 0.136. The molecular weight excluding hydrogens is 376 g/mol. The van der Waals surface area contributed by atoms with Crippen molar-refractivity contribution in [3.63, 3.8) is 0 Å². The number of aromatic hydroxyl groups is 1. The quantitative estimate of drug-likeness (QED) is 0.283. The number of hydrogen-bond acceptors (Lipinski definition) is 4. The van der Waals surface area contributed by atoms with E-state index >= 15 is 0 Å². The maximum atomic E-state index is 12.5. The highest BCUT2D eigenvalue weighted by atomic mass is 16.5. The summed E-state index contributed by atoms with van der Waals surface area (Å²) < 4.78 is 11.2. The van der Waals surface area contributed by atoms with Crippen molar-refractivity contribution in [3.05, 3.63) is 83.0 Å². The Labute approximate surface area is 179 Å². The van der Waals surface area contributed by atoms with Crippen LogP contribution >= 0.6 is 0 Å². The number of carbonyl (C=O) groups is 1. The largest absolute Gasteiger partial charge is 0.508 e. The summed E-state index contributed by atoms with van der Waals surface area (Å²) in [6.45, 7) is 6.75. The third kappa shape index (κ3) is 7.63. The fourth-order valence-corrected chi connectivity index (χ4v) is 2.76. The molecule has 0 saturated heterocycles. The SMILES string of the molecule is COc1cc(C(=O)/C=C/c2ccc(O)cc2)ccc1OC/C=C(\C)CCC=C(C)C. The van der Waals surface area contributed by atoms with E-state index in [1.54, 1.807) is 55.7 Å². The number of hydrogen-bond donors (Lipinski definition) is 1. The molecule has 2 aromatic rings. The predicted molar refractivity (Wildman–Crippen MR) is 122 cm³/mol. The van der Waals surface area contributed by atoms with Gasteiger partial charge in [0.15, 0.2) is 17.3 Å². The van der Waals surface area contributed by atoms with Crippen LogP contribution in [-0.2, 0) is 0 Å². The fourth-order valence-electron chi connectivity index (χ4n) is 2.76. The molecule has 30 heavy (non-hydrogen) atoms. The Bertz CT molecular complexity index is 930. The lowest BCUT2D eigenvalue weighted by Gasteiger charge is -2.10. The van der Waals surface area contributed by atoms with Gasteiger partial charge in [-0.25, -0.2) is 0 Å². The molecule has 0 unspecified atom stereocenters. The summed E-state index contributed by atoms with van der Waals surface area (Å²) in [5, 5.41) is 9.32. The number of allylic oxidation sites excluding steroid dienone is 4. The number of phenolic OH excluding ortho intramolecular Hbond substituents is 1. The molecule has 2 aromatic carbocycles. The number of phenols is 1. The Kier molecular flexibility index (Phi) is 8.95. The molecule has 158 valence electrons. The van der Waals surface area contributed by atoms with Crippen molar-refractivity contribution in [2.24, 2.45) is 0 Å². The van der Waals surface area contributed by atoms with Crippen molar-refractivity contribution < 1.29 is 19.4 Å². The van der Waals surface area contributed by atoms with E-state index in [1.807, 2.05) is 0 Å². The van der Waals surface area contributed by atoms with Crippen LogP contribution in [0.2, 0.25) is 0 Å². The Morgan fingerprint density at radius 1 is 1.00 bits per heavy atom. The summed E-state index contributed by atoms with van der Waals surface area (Å²) >= 11 is 0. The summed E-state index contributed by atoms with van der Waals surface area (Å²) in [5.74, 6) is 1.18. The van der Waals surface area contributed by atoms with Gasteiger partial charge in [-0.2, -0.15) is 0 Å². The third-order valence-electron chi connectivity index (χ3n) is 4.53. The molecule has 0 aliphatic rings. The zero-order chi connectivity index (χ0) is 21.9. The lowest BCUT2D eigenvalue weighted by atomic mass is 10.1. The Morgan fingerprint density at radius 3 is 2.40 bits per heavy atom. The average Bonchev–Trinajstić information content (AvgIpc) is 2.73. The van der Waals surface area contributed by atoms with Crippen molar-refractivity contribution in [1.29, 1.82) is 0 Å². The molecule has 0 aromatic heterocycles. The van der Waals surface area contributed by atoms with Crippen LogP contribution in [0.15, 0.2) is 71.8 Å². The highest BCUT2D eigenvalue weighted by Crippen LogP contribution is 2.28. The van der Waals surface area contributed by atoms with Crippen LogP contribution < -0.4 is 9.47 Å². The Balaban J connectivity index is 1.99. The van der Waals surface area contributed by atoms with Crippen molar-refractivity contribution >= 4 is 11.9 Å². The second-order valence-electron chi connectivity index (χ2n) is 7.34. The molecule has 0 aliphatic carbocycles. The predicted octanol–water partition coefficient (Wildman–Crippen LogP) is 6.37. The second-order valence-corrected chi connectivity index (χ2v) is 7.34. The summed E-state index contributed by atoms with van der Waals surface area (Å²) in [4.78, 5) is 12.5. The van der Waals surface area contributed by atoms with Crippen LogP contribution in [0.4, 0.5) is 0 Å². The number of methoxy groups -OCH3 is 1. The van der Waals surface area contributed by atoms with E-state index in [0.717, 1.165) is 18.4 Å². The molecule has 0 heterocycles. The van der Waals surface area contributed by atoms with Crippen molar-refractivity contribution in [2.45, 2.75) is 33.6 Å². The number of ether oxygens (including phenoxy) is 2. The van der Waals surface area contributed by atoms with E-state index in [4.69, 9.17) is 9.47 Å². The Morgan fingerprint density at radius 2 is 1.73 bits per heavy atom. The maximum Gasteiger partial charge on any atom is 0.185 e. The first kappa shape index (κ1) is 23.0. The summed E-state index contributed by atoms with van der Waals surface area (Å²) in [7, 11) is 1.56. The minimum Gasteiger partial charge on any atom is -0.508 e. The van der Waals surface area contributed by atoms with Crippen LogP contribution in [-0.4, -0.2) is 24.6 Å². The topological polar surface area (TPSA) is 55.8 Å². The smallest absolute Gasteiger partial charge is 0.185 e. The molecule has 0 amide bonds. The summed E-state index contributed by atoms with van der Waals surface area (Å²) in [5.41, 5.74) is 3.96. The highest BCUT2D eigenvalue weighted by Gasteiger charge is 2.09. The van der Waals surface area contributed by atoms with Gasteiger partial charge in [0.25, 0.3) is 0 Å². The fraction of sp³-hybridized carbons (Fsp3) is 0.269. The van der Waals surface area contributed by atoms with Crippen molar-refractivity contribution in [3.8, 4) is 17.2 Å². The molecule has 0 atom stereocenters. The first-order chi connectivity index (χ1) is 14.4. The first-order valence-electron chi connectivity index (χ1n) is 10.0. The van der Waals surface area contributed by atoms with E-state index in [9.17, 15) is 9.90 Å². The molecule has 4 heteroatoms. The van der Waals surface area contributed by atoms with Crippen LogP contribution in [0.1, 0.15) is 49.5 Å². The van der Waals surface area contributed by atoms with E-state index < -0.39 is 0 Å². The maximum absolute atomic E-state index is 12.5. The molecule has 4 nitrogen and oxygen atoms in total. The lowest BCUT2D eigenvalue weighted by Crippen LogP contribution is -2.00. The van der Waals surface area contributed by atoms with Gasteiger partial charge in [-0.3, -0.25) is 4.79 Å². The van der Waals surface area contributed by atoms with Crippen molar-refractivity contribution in [2.75, 3.05) is 13.7 Å². The molecule has 2 rings (SSSR count). The minimum atomic E-state index is -0.136. The third-order valence-corrected chi connectivity index (χ3v) is 4.53. The van der Waals surface area contributed by atoms with E-state index in [-0.39, 0.29) is 11.5 Å². The van der Waals surface area contributed by atoms with Crippen LogP contribution in [0.5, 0.6) is 17.2 Å². The van der Waals surface area contributed by atoms with Gasteiger partial charge in [0.2, 0.25) is 0 Å². The normalized spacial score (nSPS) is 11.4. The molecular formula is C26H30O4. The van der Waals surface area contributed by atoms with E-state index in [1.165, 1.54) is 17.2 Å². The van der Waals surface area contributed by atoms with Gasteiger partial charge >= 0.3 is 0 Å². The van der Waals surface area contributed by atoms with Crippen LogP contribution in [0, 0.1) is 0 Å². The zero-order valence-electron chi connectivity index (χ0n) is 18.1. The van der Waals surface area contributed by atoms with Gasteiger partial charge in [-0.05, 0) is 81.7 Å². The number of rotatable bonds is 10. The van der Waals surface area contributed by atoms with Crippen LogP contribution in [0.3, 0.4) is 0 Å². The van der Waals surface area contributed by atoms with Gasteiger partial charge in [-0.1, -0.05) is 35.4 Å². The van der Waals surface area contributed by atoms with Gasteiger partial charge in [0, 0.05) is 5.56 Å². The summed E-state index contributed by atoms with van der Waals surface area (Å²) in [6, 6.07) is 11.8. The average molecular weight is 407 g/mol. The lowest BCUT2D eigenvalue weighted by molar-refractivity contribution is 0.104. The molecule has 0 bridgehead atoms. The van der Waals surface area contributed by atoms with E-state index in [2.05, 4.69) is 32.9 Å². The van der Waals surface area contributed by atoms with Gasteiger partial charge in [0.1, 0.15) is 12.4 Å². The number of carbonyl (C=O) groups excluding carboxylic acids is 1. The first-order valence-corrected chi connectivity index (χ1v) is 10.0. The van der Waals surface area contributed by atoms with Gasteiger partial charge in [-0.15, -0.1) is 0 Å². The number of ketones is 1. The number of benzene rings is 2. The molecule has 0 fully saturated rings. The molecule has 0 spiro atoms. The molecule has 0 saturated carbocycles. The van der Waals surface area contributed by atoms with Gasteiger partial charge in [0.05, 0.1) is 7.11 Å². The van der Waals surface area contributed by atoms with Crippen molar-refractivity contribution in [1.82, 2.24) is 0 Å². The zero-order valence-corrected chi connectivity index (χ0v) is 18.1. The molecule has 0 aliphatic heterocycles. The Hall–Kier alpha value is -3.27. The molecule has 1 N–H and O–H groups in total. The molecule has 0 radical (unpaired) electrons. The van der Waals surface area contributed by atoms with Crippen LogP contribution in [0.25, 0.3) is 6.08 Å². The van der Waals surface area contributed by atoms with Gasteiger partial charge < -0.3 is 14.6 Å². The summed E-state index contributed by atoms with van der Waals surface area (Å²) in [6.07, 6.45) is 9.54. The second kappa shape index (κ2) is 11.7. The van der Waals surface area contributed by atoms with E-state index in [0.29, 0.717) is 23.7 Å². The standard InChI is InChI=1S/C26H30O4/c1-19(2)6-5-7-20(3)16-17-30-25-15-11-22(18-26(25)29-4)24(28)14-10-21-8-12-23(27)13-9-21/h6,8-16,18,27H,5,7,17H2,1-4H3/b14-10+,20-16+. The highest BCUT2D eigenvalue weighted by molar-refractivity contribution is 6.07.